The van der Waals surface area contributed by atoms with Crippen molar-refractivity contribution in [3.05, 3.63) is 41.5 Å². The Bertz CT molecular complexity index is 1240. The van der Waals surface area contributed by atoms with E-state index < -0.39 is 40.2 Å². The van der Waals surface area contributed by atoms with E-state index in [0.717, 1.165) is 5.57 Å². The van der Waals surface area contributed by atoms with Crippen molar-refractivity contribution in [3.8, 4) is 17.2 Å². The van der Waals surface area contributed by atoms with Crippen molar-refractivity contribution in [2.75, 3.05) is 6.61 Å². The highest BCUT2D eigenvalue weighted by Gasteiger charge is 2.85. The number of rotatable bonds is 6. The maximum atomic E-state index is 14.5. The summed E-state index contributed by atoms with van der Waals surface area (Å²) in [5, 5.41) is 22.0. The molecule has 2 heterocycles. The standard InChI is InChI=1S/C30H38O7/c1-9-27(5,6)21-18(32)14-17(31)20-23(33)22-24(35-10-2)16-13-19-28(7,8)37-29(26(16)34,12-11-15(3)4)30(19,22)36-25(20)21/h9,11,14,16,19,22,24,31-32H,1,10,12-13H2,2-8H3/t16-,19-,22+,24-,29?,30-/m0/s1. The van der Waals surface area contributed by atoms with Crippen LogP contribution < -0.4 is 4.74 Å². The van der Waals surface area contributed by atoms with Gasteiger partial charge >= 0.3 is 0 Å². The summed E-state index contributed by atoms with van der Waals surface area (Å²) in [5.41, 5.74) is -2.97. The average Bonchev–Trinajstić information content (AvgIpc) is 2.93. The maximum absolute atomic E-state index is 14.5. The number of ketones is 2. The molecule has 1 aromatic carbocycles. The van der Waals surface area contributed by atoms with Gasteiger partial charge in [0, 0.05) is 41.9 Å². The van der Waals surface area contributed by atoms with Gasteiger partial charge in [0.15, 0.2) is 22.8 Å². The lowest BCUT2D eigenvalue weighted by molar-refractivity contribution is -0.226. The van der Waals surface area contributed by atoms with E-state index in [0.29, 0.717) is 18.6 Å². The van der Waals surface area contributed by atoms with Crippen molar-refractivity contribution >= 4 is 11.6 Å². The van der Waals surface area contributed by atoms with E-state index in [1.165, 1.54) is 6.07 Å². The van der Waals surface area contributed by atoms with Crippen LogP contribution in [-0.2, 0) is 19.7 Å². The van der Waals surface area contributed by atoms with Gasteiger partial charge in [-0.2, -0.15) is 0 Å². The van der Waals surface area contributed by atoms with Crippen molar-refractivity contribution in [3.63, 3.8) is 0 Å². The van der Waals surface area contributed by atoms with Gasteiger partial charge < -0.3 is 24.4 Å². The molecule has 3 saturated carbocycles. The number of aromatic hydroxyl groups is 2. The third-order valence-electron chi connectivity index (χ3n) is 9.19. The fourth-order valence-electron chi connectivity index (χ4n) is 7.62. The molecule has 37 heavy (non-hydrogen) atoms. The SMILES string of the molecule is C=CC(C)(C)c1c(O)cc(O)c2c1O[C@]13[C@H](C2=O)[C@@H](OCC)[C@@H]2C[C@H]1C(C)(C)OC3(CC=C(C)C)C2=O. The largest absolute Gasteiger partial charge is 0.507 e. The Morgan fingerprint density at radius 2 is 1.92 bits per heavy atom. The van der Waals surface area contributed by atoms with Crippen LogP contribution in [0, 0.1) is 17.8 Å². The van der Waals surface area contributed by atoms with E-state index >= 15 is 0 Å². The first kappa shape index (κ1) is 26.0. The second kappa shape index (κ2) is 7.93. The number of hydrogen-bond donors (Lipinski definition) is 2. The fraction of sp³-hybridized carbons (Fsp3) is 0.600. The highest BCUT2D eigenvalue weighted by molar-refractivity contribution is 6.09. The van der Waals surface area contributed by atoms with E-state index in [4.69, 9.17) is 14.2 Å². The molecule has 0 amide bonds. The number of benzene rings is 1. The lowest BCUT2D eigenvalue weighted by Gasteiger charge is -2.62. The molecular formula is C30H38O7. The van der Waals surface area contributed by atoms with Crippen LogP contribution >= 0.6 is 0 Å². The molecule has 0 radical (unpaired) electrons. The molecular weight excluding hydrogens is 472 g/mol. The minimum absolute atomic E-state index is 0.0117. The molecule has 200 valence electrons. The van der Waals surface area contributed by atoms with Crippen LogP contribution in [0.1, 0.15) is 77.2 Å². The first-order valence-electron chi connectivity index (χ1n) is 13.2. The van der Waals surface area contributed by atoms with Gasteiger partial charge in [-0.05, 0) is 41.0 Å². The Morgan fingerprint density at radius 1 is 1.24 bits per heavy atom. The number of hydrogen-bond acceptors (Lipinski definition) is 7. The Kier molecular flexibility index (Phi) is 5.57. The predicted molar refractivity (Wildman–Crippen MR) is 138 cm³/mol. The van der Waals surface area contributed by atoms with Crippen molar-refractivity contribution in [1.82, 2.24) is 0 Å². The summed E-state index contributed by atoms with van der Waals surface area (Å²) in [6.45, 7) is 17.6. The molecule has 7 nitrogen and oxygen atoms in total. The summed E-state index contributed by atoms with van der Waals surface area (Å²) in [6.07, 6.45) is 3.66. The van der Waals surface area contributed by atoms with Crippen LogP contribution in [-0.4, -0.2) is 51.3 Å². The highest BCUT2D eigenvalue weighted by Crippen LogP contribution is 2.70. The van der Waals surface area contributed by atoms with Crippen LogP contribution in [0.3, 0.4) is 0 Å². The summed E-state index contributed by atoms with van der Waals surface area (Å²) < 4.78 is 19.9. The van der Waals surface area contributed by atoms with Gasteiger partial charge in [0.1, 0.15) is 22.8 Å². The van der Waals surface area contributed by atoms with Crippen molar-refractivity contribution in [2.45, 2.75) is 89.6 Å². The maximum Gasteiger partial charge on any atom is 0.180 e. The average molecular weight is 511 g/mol. The molecule has 2 N–H and O–H groups in total. The van der Waals surface area contributed by atoms with E-state index in [2.05, 4.69) is 6.58 Å². The number of phenolic OH excluding ortho intramolecular Hbond substituents is 2. The molecule has 1 aromatic rings. The van der Waals surface area contributed by atoms with Gasteiger partial charge in [-0.1, -0.05) is 31.6 Å². The van der Waals surface area contributed by atoms with Gasteiger partial charge in [0.05, 0.1) is 17.6 Å². The molecule has 1 spiro atoms. The van der Waals surface area contributed by atoms with Crippen LogP contribution in [0.2, 0.25) is 0 Å². The van der Waals surface area contributed by atoms with Crippen molar-refractivity contribution in [1.29, 1.82) is 0 Å². The van der Waals surface area contributed by atoms with Gasteiger partial charge in [-0.3, -0.25) is 9.59 Å². The number of ether oxygens (including phenoxy) is 3. The van der Waals surface area contributed by atoms with Crippen molar-refractivity contribution < 1.29 is 34.0 Å². The minimum Gasteiger partial charge on any atom is -0.507 e. The van der Waals surface area contributed by atoms with Crippen LogP contribution in [0.5, 0.6) is 17.2 Å². The first-order chi connectivity index (χ1) is 17.2. The summed E-state index contributed by atoms with van der Waals surface area (Å²) in [6, 6.07) is 1.19. The number of fused-ring (bicyclic) bond motifs is 1. The molecule has 4 fully saturated rings. The molecule has 4 bridgehead atoms. The van der Waals surface area contributed by atoms with E-state index in [-0.39, 0.29) is 46.7 Å². The molecule has 2 aliphatic heterocycles. The van der Waals surface area contributed by atoms with Gasteiger partial charge in [0.25, 0.3) is 0 Å². The van der Waals surface area contributed by atoms with Crippen LogP contribution in [0.25, 0.3) is 0 Å². The molecule has 0 aromatic heterocycles. The zero-order chi connectivity index (χ0) is 27.3. The van der Waals surface area contributed by atoms with Gasteiger partial charge in [-0.25, -0.2) is 0 Å². The Balaban J connectivity index is 1.88. The van der Waals surface area contributed by atoms with E-state index in [1.54, 1.807) is 6.08 Å². The zero-order valence-electron chi connectivity index (χ0n) is 22.8. The fourth-order valence-corrected chi connectivity index (χ4v) is 7.62. The molecule has 5 aliphatic rings. The Morgan fingerprint density at radius 3 is 2.51 bits per heavy atom. The number of Topliss-reactive ketones (excluding diaryl/α,β-unsaturated/α-hetero) is 2. The number of carbonyl (C=O) groups is 2. The number of carbonyl (C=O) groups excluding carboxylic acids is 2. The van der Waals surface area contributed by atoms with Gasteiger partial charge in [0.2, 0.25) is 0 Å². The summed E-state index contributed by atoms with van der Waals surface area (Å²) in [7, 11) is 0. The minimum atomic E-state index is -1.41. The third-order valence-corrected chi connectivity index (χ3v) is 9.19. The Hall–Kier alpha value is -2.64. The molecule has 6 atom stereocenters. The zero-order valence-corrected chi connectivity index (χ0v) is 22.8. The Labute approximate surface area is 218 Å². The third kappa shape index (κ3) is 3.07. The number of phenols is 2. The smallest absolute Gasteiger partial charge is 0.180 e. The quantitative estimate of drug-likeness (QED) is 0.518. The van der Waals surface area contributed by atoms with E-state index in [1.807, 2.05) is 54.5 Å². The second-order valence-electron chi connectivity index (χ2n) is 12.4. The lowest BCUT2D eigenvalue weighted by atomic mass is 9.45. The molecule has 1 unspecified atom stereocenters. The monoisotopic (exact) mass is 510 g/mol. The number of allylic oxidation sites excluding steroid dienone is 2. The lowest BCUT2D eigenvalue weighted by Crippen LogP contribution is -2.80. The summed E-state index contributed by atoms with van der Waals surface area (Å²) >= 11 is 0. The molecule has 6 rings (SSSR count). The normalized spacial score (nSPS) is 35.0. The van der Waals surface area contributed by atoms with Gasteiger partial charge in [-0.15, -0.1) is 6.58 Å². The second-order valence-corrected chi connectivity index (χ2v) is 12.4. The predicted octanol–water partition coefficient (Wildman–Crippen LogP) is 5.02. The summed E-state index contributed by atoms with van der Waals surface area (Å²) in [4.78, 5) is 28.9. The molecule has 3 aliphatic carbocycles. The van der Waals surface area contributed by atoms with Crippen LogP contribution in [0.4, 0.5) is 0 Å². The molecule has 1 saturated heterocycles. The topological polar surface area (TPSA) is 102 Å². The van der Waals surface area contributed by atoms with E-state index in [9.17, 15) is 19.8 Å². The highest BCUT2D eigenvalue weighted by atomic mass is 16.6. The first-order valence-corrected chi connectivity index (χ1v) is 13.2. The molecule has 7 heteroatoms. The summed E-state index contributed by atoms with van der Waals surface area (Å²) in [5.74, 6) is -2.59. The van der Waals surface area contributed by atoms with Crippen molar-refractivity contribution in [2.24, 2.45) is 17.8 Å². The van der Waals surface area contributed by atoms with Crippen LogP contribution in [0.15, 0.2) is 30.4 Å².